The van der Waals surface area contributed by atoms with Crippen LogP contribution in [-0.4, -0.2) is 28.2 Å². The minimum Gasteiger partial charge on any atom is -0.377 e. The molecule has 0 bridgehead atoms. The third-order valence-electron chi connectivity index (χ3n) is 8.68. The lowest BCUT2D eigenvalue weighted by molar-refractivity contribution is -0.154. The molecule has 0 aromatic rings. The van der Waals surface area contributed by atoms with Crippen LogP contribution in [0.2, 0.25) is 0 Å². The monoisotopic (exact) mass is 376 g/mol. The highest BCUT2D eigenvalue weighted by Crippen LogP contribution is 2.68. The number of halogens is 1. The van der Waals surface area contributed by atoms with Gasteiger partial charge in [-0.2, -0.15) is 0 Å². The molecule has 0 aromatic heterocycles. The number of aliphatic hydroxyl groups is 1. The lowest BCUT2D eigenvalue weighted by Gasteiger charge is -2.58. The number of Topliss-reactive ketones (excluding diaryl/α,β-unsaturated/α-hetero) is 1. The second kappa shape index (κ2) is 5.78. The van der Waals surface area contributed by atoms with Crippen LogP contribution >= 0.6 is 11.6 Å². The maximum absolute atomic E-state index is 12.6. The van der Waals surface area contributed by atoms with Crippen LogP contribution in [0.5, 0.6) is 0 Å². The van der Waals surface area contributed by atoms with Gasteiger partial charge in [-0.15, -0.1) is 11.6 Å². The summed E-state index contributed by atoms with van der Waals surface area (Å²) in [4.78, 5) is 24.5. The molecule has 4 aliphatic rings. The highest BCUT2D eigenvalue weighted by atomic mass is 35.5. The molecule has 3 fully saturated rings. The van der Waals surface area contributed by atoms with Gasteiger partial charge in [0.1, 0.15) is 0 Å². The molecule has 26 heavy (non-hydrogen) atoms. The third-order valence-corrected chi connectivity index (χ3v) is 8.92. The maximum Gasteiger partial charge on any atom is 0.183 e. The summed E-state index contributed by atoms with van der Waals surface area (Å²) in [6.45, 7) is 8.52. The summed E-state index contributed by atoms with van der Waals surface area (Å²) in [7, 11) is 0. The molecule has 0 aromatic carbocycles. The average molecular weight is 377 g/mol. The Labute approximate surface area is 160 Å². The van der Waals surface area contributed by atoms with E-state index in [1.165, 1.54) is 5.57 Å². The Morgan fingerprint density at radius 2 is 2.00 bits per heavy atom. The summed E-state index contributed by atoms with van der Waals surface area (Å²) in [5.74, 6) is 1.07. The third kappa shape index (κ3) is 2.10. The van der Waals surface area contributed by atoms with Crippen molar-refractivity contribution >= 4 is 23.2 Å². The molecule has 3 nitrogen and oxygen atoms in total. The van der Waals surface area contributed by atoms with Crippen molar-refractivity contribution in [2.75, 3.05) is 5.88 Å². The van der Waals surface area contributed by atoms with Crippen molar-refractivity contribution in [3.8, 4) is 0 Å². The fourth-order valence-electron chi connectivity index (χ4n) is 7.13. The van der Waals surface area contributed by atoms with Crippen LogP contribution in [0.3, 0.4) is 0 Å². The minimum atomic E-state index is -1.48. The number of carbonyl (C=O) groups is 2. The van der Waals surface area contributed by atoms with Crippen molar-refractivity contribution in [1.29, 1.82) is 0 Å². The van der Waals surface area contributed by atoms with Crippen molar-refractivity contribution in [2.45, 2.75) is 64.4 Å². The van der Waals surface area contributed by atoms with Gasteiger partial charge < -0.3 is 5.11 Å². The van der Waals surface area contributed by atoms with E-state index in [1.54, 1.807) is 0 Å². The summed E-state index contributed by atoms with van der Waals surface area (Å²) in [5.41, 5.74) is 0.129. The first-order chi connectivity index (χ1) is 12.2. The zero-order valence-corrected chi connectivity index (χ0v) is 16.6. The van der Waals surface area contributed by atoms with Crippen LogP contribution in [-0.2, 0) is 9.59 Å². The van der Waals surface area contributed by atoms with Crippen LogP contribution in [0.25, 0.3) is 0 Å². The molecule has 3 saturated carbocycles. The summed E-state index contributed by atoms with van der Waals surface area (Å²) < 4.78 is 0. The predicted molar refractivity (Wildman–Crippen MR) is 102 cm³/mol. The van der Waals surface area contributed by atoms with Crippen molar-refractivity contribution in [3.63, 3.8) is 0 Å². The van der Waals surface area contributed by atoms with Crippen LogP contribution in [0.15, 0.2) is 23.8 Å². The van der Waals surface area contributed by atoms with E-state index >= 15 is 0 Å². The van der Waals surface area contributed by atoms with Gasteiger partial charge in [0.25, 0.3) is 0 Å². The highest BCUT2D eigenvalue weighted by molar-refractivity contribution is 6.29. The molecule has 0 amide bonds. The van der Waals surface area contributed by atoms with E-state index in [0.717, 1.165) is 32.1 Å². The number of carbonyl (C=O) groups excluding carboxylic acids is 2. The Balaban J connectivity index is 1.72. The summed E-state index contributed by atoms with van der Waals surface area (Å²) in [6, 6.07) is 0. The number of alkyl halides is 1. The van der Waals surface area contributed by atoms with Gasteiger partial charge in [-0.25, -0.2) is 0 Å². The molecule has 0 unspecified atom stereocenters. The predicted octanol–water partition coefficient (Wildman–Crippen LogP) is 4.22. The Bertz CT molecular complexity index is 725. The van der Waals surface area contributed by atoms with Gasteiger partial charge in [-0.1, -0.05) is 26.0 Å². The van der Waals surface area contributed by atoms with Crippen LogP contribution in [0.4, 0.5) is 0 Å². The minimum absolute atomic E-state index is 0.0939. The second-order valence-electron chi connectivity index (χ2n) is 9.50. The van der Waals surface area contributed by atoms with Gasteiger partial charge in [0, 0.05) is 11.8 Å². The number of fused-ring (bicyclic) bond motifs is 5. The van der Waals surface area contributed by atoms with E-state index in [4.69, 9.17) is 11.6 Å². The smallest absolute Gasteiger partial charge is 0.183 e. The van der Waals surface area contributed by atoms with E-state index < -0.39 is 11.0 Å². The molecule has 4 rings (SSSR count). The Hall–Kier alpha value is -0.930. The molecule has 142 valence electrons. The first-order valence-electron chi connectivity index (χ1n) is 9.92. The largest absolute Gasteiger partial charge is 0.377 e. The van der Waals surface area contributed by atoms with Crippen molar-refractivity contribution in [3.05, 3.63) is 23.8 Å². The lowest BCUT2D eigenvalue weighted by atomic mass is 9.46. The maximum atomic E-state index is 12.6. The zero-order chi connectivity index (χ0) is 18.9. The molecule has 0 heterocycles. The average Bonchev–Trinajstić information content (AvgIpc) is 2.83. The number of allylic oxidation sites excluding steroid dienone is 1. The number of hydrogen-bond donors (Lipinski definition) is 1. The van der Waals surface area contributed by atoms with Gasteiger partial charge in [-0.3, -0.25) is 9.59 Å². The van der Waals surface area contributed by atoms with Crippen LogP contribution < -0.4 is 0 Å². The molecule has 0 aliphatic heterocycles. The van der Waals surface area contributed by atoms with E-state index in [-0.39, 0.29) is 28.8 Å². The number of ketones is 2. The van der Waals surface area contributed by atoms with Crippen LogP contribution in [0, 0.1) is 28.6 Å². The molecule has 0 radical (unpaired) electrons. The first kappa shape index (κ1) is 18.4. The van der Waals surface area contributed by atoms with Crippen molar-refractivity contribution in [1.82, 2.24) is 0 Å². The van der Waals surface area contributed by atoms with Crippen molar-refractivity contribution in [2.24, 2.45) is 28.6 Å². The van der Waals surface area contributed by atoms with Gasteiger partial charge >= 0.3 is 0 Å². The molecule has 0 saturated heterocycles. The summed E-state index contributed by atoms with van der Waals surface area (Å²) in [5, 5.41) is 11.4. The Morgan fingerprint density at radius 3 is 2.69 bits per heavy atom. The molecule has 6 atom stereocenters. The standard InChI is InChI=1S/C22H29ClO3/c1-13-10-18-16-5-4-14-11-15(24)6-8-20(14,2)17(16)7-9-21(18,3)22(13,26)19(25)12-23/h11,16-18,26H,1,4-10,12H2,2-3H3/t16-,17+,18+,20+,21+,22-/m1/s1. The SMILES string of the molecule is C=C1C[C@H]2[C@@H]3CCC4=CC(=O)CC[C@]4(C)[C@H]3CC[C@]2(C)[C@]1(O)C(=O)CCl. The molecule has 4 aliphatic carbocycles. The van der Waals surface area contributed by atoms with E-state index in [0.29, 0.717) is 30.3 Å². The quantitative estimate of drug-likeness (QED) is 0.579. The molecular formula is C22H29ClO3. The normalized spacial score (nSPS) is 47.7. The number of hydrogen-bond acceptors (Lipinski definition) is 3. The van der Waals surface area contributed by atoms with Gasteiger partial charge in [0.2, 0.25) is 0 Å². The molecule has 4 heteroatoms. The van der Waals surface area contributed by atoms with Gasteiger partial charge in [0.05, 0.1) is 5.88 Å². The second-order valence-corrected chi connectivity index (χ2v) is 9.77. The van der Waals surface area contributed by atoms with Gasteiger partial charge in [-0.05, 0) is 73.3 Å². The van der Waals surface area contributed by atoms with Gasteiger partial charge in [0.15, 0.2) is 17.2 Å². The number of rotatable bonds is 2. The van der Waals surface area contributed by atoms with Crippen molar-refractivity contribution < 1.29 is 14.7 Å². The molecule has 0 spiro atoms. The summed E-state index contributed by atoms with van der Waals surface area (Å²) >= 11 is 5.85. The molecule has 1 N–H and O–H groups in total. The van der Waals surface area contributed by atoms with E-state index in [1.807, 2.05) is 6.08 Å². The zero-order valence-electron chi connectivity index (χ0n) is 15.8. The summed E-state index contributed by atoms with van der Waals surface area (Å²) in [6.07, 6.45) is 8.01. The highest BCUT2D eigenvalue weighted by Gasteiger charge is 2.67. The topological polar surface area (TPSA) is 54.4 Å². The van der Waals surface area contributed by atoms with Crippen LogP contribution in [0.1, 0.15) is 58.8 Å². The molecular weight excluding hydrogens is 348 g/mol. The Morgan fingerprint density at radius 1 is 1.27 bits per heavy atom. The fourth-order valence-corrected chi connectivity index (χ4v) is 7.33. The van der Waals surface area contributed by atoms with E-state index in [9.17, 15) is 14.7 Å². The lowest BCUT2D eigenvalue weighted by Crippen LogP contribution is -2.58. The fraction of sp³-hybridized carbons (Fsp3) is 0.727. The Kier molecular flexibility index (Phi) is 4.10. The van der Waals surface area contributed by atoms with E-state index in [2.05, 4.69) is 20.4 Å². The first-order valence-corrected chi connectivity index (χ1v) is 10.5.